The fourth-order valence-corrected chi connectivity index (χ4v) is 6.24. The number of alkyl halides is 13. The minimum atomic E-state index is -4.88. The van der Waals surface area contributed by atoms with Crippen molar-refractivity contribution in [1.29, 1.82) is 0 Å². The first-order chi connectivity index (χ1) is 13.3. The molecule has 0 radical (unpaired) electrons. The van der Waals surface area contributed by atoms with Crippen LogP contribution in [0.15, 0.2) is 0 Å². The zero-order chi connectivity index (χ0) is 25.2. The van der Waals surface area contributed by atoms with E-state index in [1.54, 1.807) is 13.8 Å². The Hall–Kier alpha value is 4.07. The third-order valence-electron chi connectivity index (χ3n) is 3.24. The van der Waals surface area contributed by atoms with Gasteiger partial charge in [0, 0.05) is 24.1 Å². The Bertz CT molecular complexity index is 599. The van der Waals surface area contributed by atoms with Crippen LogP contribution in [0.1, 0.15) is 39.5 Å². The topological polar surface area (TPSA) is 44.8 Å². The maximum atomic E-state index is 13.5. The van der Waals surface area contributed by atoms with Crippen LogP contribution in [0, 0.1) is 5.41 Å². The van der Waals surface area contributed by atoms with E-state index in [2.05, 4.69) is 15.9 Å². The molecular formula is C13H16BrCl12O4P. The largest absolute Gasteiger partial charge is 0.482 e. The van der Waals surface area contributed by atoms with Crippen molar-refractivity contribution in [3.05, 3.63) is 0 Å². The van der Waals surface area contributed by atoms with E-state index < -0.39 is 33.8 Å². The summed E-state index contributed by atoms with van der Waals surface area (Å²) in [6.45, 7) is 3.17. The minimum absolute atomic E-state index is 0.0535. The maximum Gasteiger partial charge on any atom is 0.482 e. The van der Waals surface area contributed by atoms with Crippen LogP contribution in [0.2, 0.25) is 0 Å². The molecule has 0 aromatic heterocycles. The molecule has 0 spiro atoms. The number of halogens is 13. The van der Waals surface area contributed by atoms with Crippen molar-refractivity contribution in [2.24, 2.45) is 5.41 Å². The van der Waals surface area contributed by atoms with Gasteiger partial charge in [-0.1, -0.05) is 141 Å². The van der Waals surface area contributed by atoms with E-state index in [4.69, 9.17) is 153 Å². The Labute approximate surface area is 250 Å². The first-order valence-corrected chi connectivity index (χ1v) is 14.8. The summed E-state index contributed by atoms with van der Waals surface area (Å²) in [5, 5.41) is 0. The highest BCUT2D eigenvalue weighted by Gasteiger charge is 2.54. The van der Waals surface area contributed by atoms with E-state index in [1.165, 1.54) is 0 Å². The van der Waals surface area contributed by atoms with Crippen LogP contribution in [0.25, 0.3) is 0 Å². The van der Waals surface area contributed by atoms with Crippen LogP contribution in [0.3, 0.4) is 0 Å². The van der Waals surface area contributed by atoms with Gasteiger partial charge in [0.2, 0.25) is 13.0 Å². The molecule has 0 aliphatic carbocycles. The summed E-state index contributed by atoms with van der Waals surface area (Å²) < 4.78 is 19.4. The molecule has 0 saturated carbocycles. The van der Waals surface area contributed by atoms with Gasteiger partial charge in [0.15, 0.2) is 7.59 Å². The molecule has 0 N–H and O–H groups in total. The van der Waals surface area contributed by atoms with E-state index in [0.29, 0.717) is 0 Å². The molecule has 0 rings (SSSR count). The Morgan fingerprint density at radius 3 is 1.26 bits per heavy atom. The van der Waals surface area contributed by atoms with Crippen LogP contribution in [-0.4, -0.2) is 26.5 Å². The number of phosphoric ester groups is 1. The lowest BCUT2D eigenvalue weighted by molar-refractivity contribution is 0.0267. The zero-order valence-electron chi connectivity index (χ0n) is 15.5. The Morgan fingerprint density at radius 1 is 0.677 bits per heavy atom. The second kappa shape index (κ2) is 12.7. The summed E-state index contributed by atoms with van der Waals surface area (Å²) in [6.07, 6.45) is -1.05. The molecule has 1 atom stereocenters. The maximum absolute atomic E-state index is 13.5. The van der Waals surface area contributed by atoms with Gasteiger partial charge in [0.25, 0.3) is 0 Å². The van der Waals surface area contributed by atoms with Crippen LogP contribution in [0.4, 0.5) is 0 Å². The summed E-state index contributed by atoms with van der Waals surface area (Å²) >= 11 is 73.8. The van der Waals surface area contributed by atoms with E-state index in [-0.39, 0.29) is 31.6 Å². The van der Waals surface area contributed by atoms with E-state index in [1.807, 2.05) is 0 Å². The SMILES string of the molecule is CC(C)(CCl)C(Cl)(Br)OP(=O)(OC(Cl)(Cl)CCC(Cl)(Cl)Cl)OC(Cl)(Cl)CCC(Cl)(Cl)Cl. The number of rotatable bonds is 12. The highest BCUT2D eigenvalue weighted by atomic mass is 79.9. The molecule has 0 bridgehead atoms. The molecule has 0 heterocycles. The van der Waals surface area contributed by atoms with Crippen molar-refractivity contribution < 1.29 is 18.1 Å². The fourth-order valence-electron chi connectivity index (χ4n) is 1.39. The van der Waals surface area contributed by atoms with Crippen molar-refractivity contribution in [3.63, 3.8) is 0 Å². The van der Waals surface area contributed by atoms with Crippen molar-refractivity contribution in [2.75, 3.05) is 5.88 Å². The molecule has 188 valence electrons. The minimum Gasteiger partial charge on any atom is -0.253 e. The lowest BCUT2D eigenvalue weighted by Crippen LogP contribution is -2.38. The number of hydrogen-bond acceptors (Lipinski definition) is 4. The smallest absolute Gasteiger partial charge is 0.253 e. The van der Waals surface area contributed by atoms with Crippen molar-refractivity contribution in [2.45, 2.75) is 60.1 Å². The Morgan fingerprint density at radius 2 is 1.00 bits per heavy atom. The van der Waals surface area contributed by atoms with Gasteiger partial charge in [-0.3, -0.25) is 4.52 Å². The predicted octanol–water partition coefficient (Wildman–Crippen LogP) is 11.3. The molecule has 4 nitrogen and oxygen atoms in total. The van der Waals surface area contributed by atoms with Crippen molar-refractivity contribution in [3.8, 4) is 0 Å². The van der Waals surface area contributed by atoms with Gasteiger partial charge >= 0.3 is 7.82 Å². The molecule has 0 saturated heterocycles. The summed E-state index contributed by atoms with van der Waals surface area (Å²) in [7, 11) is -4.88. The molecule has 0 aliphatic heterocycles. The summed E-state index contributed by atoms with van der Waals surface area (Å²) in [6, 6.07) is 0. The predicted molar refractivity (Wildman–Crippen MR) is 141 cm³/mol. The molecule has 31 heavy (non-hydrogen) atoms. The van der Waals surface area contributed by atoms with Gasteiger partial charge in [-0.2, -0.15) is 0 Å². The Balaban J connectivity index is 5.88. The van der Waals surface area contributed by atoms with Gasteiger partial charge in [-0.15, -0.1) is 11.6 Å². The number of phosphoric acid groups is 1. The normalized spacial score (nSPS) is 17.0. The zero-order valence-corrected chi connectivity index (χ0v) is 27.1. The van der Waals surface area contributed by atoms with Gasteiger partial charge in [0.1, 0.15) is 0 Å². The molecule has 0 fully saturated rings. The van der Waals surface area contributed by atoms with Crippen LogP contribution in [0.5, 0.6) is 0 Å². The van der Waals surface area contributed by atoms with Gasteiger partial charge in [0.05, 0.1) is 0 Å². The van der Waals surface area contributed by atoms with Crippen LogP contribution < -0.4 is 0 Å². The summed E-state index contributed by atoms with van der Waals surface area (Å²) in [5.41, 5.74) is -1.05. The van der Waals surface area contributed by atoms with Gasteiger partial charge in [-0.05, 0) is 28.8 Å². The first kappa shape index (κ1) is 35.1. The highest BCUT2D eigenvalue weighted by Crippen LogP contribution is 2.65. The third kappa shape index (κ3) is 15.2. The highest BCUT2D eigenvalue weighted by molar-refractivity contribution is 9.10. The quantitative estimate of drug-likeness (QED) is 0.146. The summed E-state index contributed by atoms with van der Waals surface area (Å²) in [5.74, 6) is -0.0535. The average molecular weight is 773 g/mol. The van der Waals surface area contributed by atoms with Crippen molar-refractivity contribution in [1.82, 2.24) is 0 Å². The second-order valence-electron chi connectivity index (χ2n) is 6.76. The van der Waals surface area contributed by atoms with E-state index in [0.717, 1.165) is 0 Å². The van der Waals surface area contributed by atoms with E-state index >= 15 is 0 Å². The molecule has 0 aliphatic rings. The van der Waals surface area contributed by atoms with Crippen molar-refractivity contribution >= 4 is 163 Å². The second-order valence-corrected chi connectivity index (χ2v) is 18.4. The molecule has 0 aromatic rings. The standard InChI is InChI=1S/C13H16BrCl12O4P/c1-8(2,7-15)13(14,26)30-31(27,28-11(22,23)5-3-9(16,17)18)29-12(24,25)6-4-10(19,20)21/h3-7H2,1-2H3. The molecule has 0 amide bonds. The molecule has 1 unspecified atom stereocenters. The lowest BCUT2D eigenvalue weighted by Gasteiger charge is -2.39. The van der Waals surface area contributed by atoms with E-state index in [9.17, 15) is 4.57 Å². The fraction of sp³-hybridized carbons (Fsp3) is 1.00. The van der Waals surface area contributed by atoms with Gasteiger partial charge < -0.3 is 0 Å². The van der Waals surface area contributed by atoms with Crippen LogP contribution >= 0.6 is 163 Å². The average Bonchev–Trinajstić information content (AvgIpc) is 2.47. The Kier molecular flexibility index (Phi) is 14.4. The lowest BCUT2D eigenvalue weighted by atomic mass is 9.98. The molecule has 0 aromatic carbocycles. The third-order valence-corrected chi connectivity index (χ3v) is 10.3. The molecular weight excluding hydrogens is 756 g/mol. The molecule has 18 heteroatoms. The van der Waals surface area contributed by atoms with Crippen LogP contribution in [-0.2, 0) is 18.1 Å². The summed E-state index contributed by atoms with van der Waals surface area (Å²) in [4.78, 5) is 0. The van der Waals surface area contributed by atoms with Gasteiger partial charge in [-0.25, -0.2) is 13.6 Å². The first-order valence-electron chi connectivity index (χ1n) is 7.90. The number of hydrogen-bond donors (Lipinski definition) is 0. The monoisotopic (exact) mass is 766 g/mol.